The van der Waals surface area contributed by atoms with Gasteiger partial charge in [0.1, 0.15) is 5.82 Å². The molecule has 4 aromatic rings. The molecule has 196 valence electrons. The van der Waals surface area contributed by atoms with Crippen LogP contribution in [-0.2, 0) is 0 Å². The molecule has 2 aromatic heterocycles. The molecule has 37 heavy (non-hydrogen) atoms. The van der Waals surface area contributed by atoms with Crippen LogP contribution in [0, 0.1) is 5.92 Å². The number of piperidine rings is 1. The van der Waals surface area contributed by atoms with Crippen LogP contribution in [0.4, 0.5) is 19.0 Å². The molecule has 11 heteroatoms. The average Bonchev–Trinajstić information content (AvgIpc) is 3.28. The van der Waals surface area contributed by atoms with Gasteiger partial charge >= 0.3 is 6.18 Å². The quantitative estimate of drug-likeness (QED) is 0.183. The van der Waals surface area contributed by atoms with Crippen molar-refractivity contribution in [1.82, 2.24) is 19.5 Å². The number of nitrogens with zero attached hydrogens (tertiary/aromatic N) is 5. The molecule has 3 heterocycles. The van der Waals surface area contributed by atoms with Crippen molar-refractivity contribution in [3.63, 3.8) is 0 Å². The molecule has 0 radical (unpaired) electrons. The lowest BCUT2D eigenvalue weighted by Crippen LogP contribution is -2.39. The van der Waals surface area contributed by atoms with Gasteiger partial charge in [-0.05, 0) is 55.5 Å². The molecule has 0 aliphatic carbocycles. The standard InChI is InChI=1S/C24H20Cl2F3N5S.C2H6/c1-35-23-31-21(33-12-10-14(11-13-33)24(27,28)29)19-22(32-23)34(16-8-6-15(25)7-9-16)20(30-19)17-4-2-3-5-18(17)26;1-2/h2-9,14H,10-13H2,1H3;1-2H3. The molecule has 0 bridgehead atoms. The summed E-state index contributed by atoms with van der Waals surface area (Å²) in [5.41, 5.74) is 2.54. The number of alkyl halides is 3. The summed E-state index contributed by atoms with van der Waals surface area (Å²) in [4.78, 5) is 16.2. The zero-order valence-electron chi connectivity index (χ0n) is 20.6. The third-order valence-electron chi connectivity index (χ3n) is 6.11. The smallest absolute Gasteiger partial charge is 0.355 e. The van der Waals surface area contributed by atoms with Crippen LogP contribution in [0.5, 0.6) is 0 Å². The highest BCUT2D eigenvalue weighted by Gasteiger charge is 2.41. The van der Waals surface area contributed by atoms with Crippen LogP contribution in [0.2, 0.25) is 10.0 Å². The van der Waals surface area contributed by atoms with Crippen molar-refractivity contribution in [1.29, 1.82) is 0 Å². The maximum absolute atomic E-state index is 13.3. The van der Waals surface area contributed by atoms with Crippen LogP contribution in [0.25, 0.3) is 28.2 Å². The number of hydrogen-bond acceptors (Lipinski definition) is 5. The average molecular weight is 568 g/mol. The van der Waals surface area contributed by atoms with Crippen molar-refractivity contribution < 1.29 is 13.2 Å². The molecule has 0 N–H and O–H groups in total. The Morgan fingerprint density at radius 3 is 2.16 bits per heavy atom. The number of hydrogen-bond donors (Lipinski definition) is 0. The molecule has 1 aliphatic rings. The molecule has 1 saturated heterocycles. The minimum absolute atomic E-state index is 0.0128. The Hall–Kier alpha value is -2.49. The first kappa shape index (κ1) is 27.5. The van der Waals surface area contributed by atoms with Gasteiger partial charge in [-0.1, -0.05) is 60.9 Å². The Balaban J connectivity index is 0.00000156. The summed E-state index contributed by atoms with van der Waals surface area (Å²) in [7, 11) is 0. The van der Waals surface area contributed by atoms with Crippen LogP contribution in [0.15, 0.2) is 53.7 Å². The highest BCUT2D eigenvalue weighted by molar-refractivity contribution is 7.98. The van der Waals surface area contributed by atoms with E-state index in [1.165, 1.54) is 11.8 Å². The molecule has 0 spiro atoms. The molecule has 2 aromatic carbocycles. The SMILES string of the molecule is CC.CSc1nc(N2CCC(C(F)(F)F)CC2)c2nc(-c3ccccc3Cl)n(-c3ccc(Cl)cc3)c2n1. The molecule has 0 unspecified atom stereocenters. The highest BCUT2D eigenvalue weighted by Crippen LogP contribution is 2.39. The second-order valence-electron chi connectivity index (χ2n) is 8.24. The second-order valence-corrected chi connectivity index (χ2v) is 9.85. The Morgan fingerprint density at radius 1 is 0.919 bits per heavy atom. The minimum atomic E-state index is -4.19. The summed E-state index contributed by atoms with van der Waals surface area (Å²) in [6.45, 7) is 4.47. The third kappa shape index (κ3) is 5.68. The molecule has 1 aliphatic heterocycles. The number of fused-ring (bicyclic) bond motifs is 1. The Bertz CT molecular complexity index is 1370. The van der Waals surface area contributed by atoms with Crippen LogP contribution in [0.1, 0.15) is 26.7 Å². The summed E-state index contributed by atoms with van der Waals surface area (Å²) < 4.78 is 41.7. The zero-order valence-corrected chi connectivity index (χ0v) is 22.9. The van der Waals surface area contributed by atoms with Gasteiger partial charge in [0, 0.05) is 29.4 Å². The van der Waals surface area contributed by atoms with Crippen molar-refractivity contribution in [2.24, 2.45) is 5.92 Å². The predicted octanol–water partition coefficient (Wildman–Crippen LogP) is 8.32. The van der Waals surface area contributed by atoms with Gasteiger partial charge in [0.25, 0.3) is 0 Å². The number of aromatic nitrogens is 4. The van der Waals surface area contributed by atoms with Crippen LogP contribution >= 0.6 is 35.0 Å². The lowest BCUT2D eigenvalue weighted by molar-refractivity contribution is -0.179. The minimum Gasteiger partial charge on any atom is -0.355 e. The molecule has 0 atom stereocenters. The number of rotatable bonds is 4. The van der Waals surface area contributed by atoms with Gasteiger partial charge in [-0.15, -0.1) is 0 Å². The Kier molecular flexibility index (Phi) is 8.56. The first-order chi connectivity index (χ1) is 17.8. The number of imidazole rings is 1. The van der Waals surface area contributed by atoms with Gasteiger partial charge in [0.05, 0.1) is 10.9 Å². The Labute approximate surface area is 228 Å². The maximum atomic E-state index is 13.3. The molecular weight excluding hydrogens is 542 g/mol. The van der Waals surface area contributed by atoms with Crippen molar-refractivity contribution in [3.05, 3.63) is 58.6 Å². The van der Waals surface area contributed by atoms with Gasteiger partial charge in [0.2, 0.25) is 0 Å². The Morgan fingerprint density at radius 2 is 1.57 bits per heavy atom. The first-order valence-electron chi connectivity index (χ1n) is 11.9. The zero-order chi connectivity index (χ0) is 26.7. The maximum Gasteiger partial charge on any atom is 0.391 e. The lowest BCUT2D eigenvalue weighted by Gasteiger charge is -2.33. The van der Waals surface area contributed by atoms with E-state index in [-0.39, 0.29) is 25.9 Å². The largest absolute Gasteiger partial charge is 0.391 e. The normalized spacial score (nSPS) is 14.5. The summed E-state index contributed by atoms with van der Waals surface area (Å²) in [6.07, 6.45) is -2.30. The fourth-order valence-electron chi connectivity index (χ4n) is 4.31. The second kappa shape index (κ2) is 11.5. The van der Waals surface area contributed by atoms with E-state index in [9.17, 15) is 13.2 Å². The van der Waals surface area contributed by atoms with E-state index in [0.29, 0.717) is 43.6 Å². The molecule has 5 rings (SSSR count). The van der Waals surface area contributed by atoms with E-state index in [0.717, 1.165) is 5.69 Å². The molecule has 0 saturated carbocycles. The number of anilines is 1. The van der Waals surface area contributed by atoms with Gasteiger partial charge in [-0.3, -0.25) is 4.57 Å². The van der Waals surface area contributed by atoms with E-state index >= 15 is 0 Å². The van der Waals surface area contributed by atoms with Crippen molar-refractivity contribution >= 4 is 51.9 Å². The predicted molar refractivity (Wildman–Crippen MR) is 146 cm³/mol. The molecule has 5 nitrogen and oxygen atoms in total. The topological polar surface area (TPSA) is 46.8 Å². The van der Waals surface area contributed by atoms with E-state index in [1.54, 1.807) is 18.2 Å². The molecule has 1 fully saturated rings. The first-order valence-corrected chi connectivity index (χ1v) is 13.9. The number of halogens is 5. The van der Waals surface area contributed by atoms with Gasteiger partial charge in [0.15, 0.2) is 22.1 Å². The number of thioether (sulfide) groups is 1. The van der Waals surface area contributed by atoms with E-state index < -0.39 is 12.1 Å². The third-order valence-corrected chi connectivity index (χ3v) is 7.24. The molecular formula is C26H26Cl2F3N5S. The van der Waals surface area contributed by atoms with Gasteiger partial charge in [-0.25, -0.2) is 15.0 Å². The highest BCUT2D eigenvalue weighted by atomic mass is 35.5. The van der Waals surface area contributed by atoms with Gasteiger partial charge in [-0.2, -0.15) is 13.2 Å². The van der Waals surface area contributed by atoms with Crippen molar-refractivity contribution in [3.8, 4) is 17.1 Å². The summed E-state index contributed by atoms with van der Waals surface area (Å²) in [6, 6.07) is 14.6. The lowest BCUT2D eigenvalue weighted by atomic mass is 9.96. The monoisotopic (exact) mass is 567 g/mol. The fraction of sp³-hybridized carbons (Fsp3) is 0.346. The van der Waals surface area contributed by atoms with Crippen LogP contribution in [-0.4, -0.2) is 45.0 Å². The van der Waals surface area contributed by atoms with E-state index in [4.69, 9.17) is 33.2 Å². The van der Waals surface area contributed by atoms with Gasteiger partial charge < -0.3 is 4.90 Å². The van der Waals surface area contributed by atoms with Crippen LogP contribution in [0.3, 0.4) is 0 Å². The van der Waals surface area contributed by atoms with E-state index in [1.807, 2.05) is 59.9 Å². The van der Waals surface area contributed by atoms with E-state index in [2.05, 4.69) is 4.98 Å². The summed E-state index contributed by atoms with van der Waals surface area (Å²) >= 11 is 14.0. The van der Waals surface area contributed by atoms with Crippen molar-refractivity contribution in [2.75, 3.05) is 24.2 Å². The summed E-state index contributed by atoms with van der Waals surface area (Å²) in [5.74, 6) is -0.214. The molecule has 0 amide bonds. The van der Waals surface area contributed by atoms with Crippen LogP contribution < -0.4 is 4.90 Å². The summed E-state index contributed by atoms with van der Waals surface area (Å²) in [5, 5.41) is 1.61. The fourth-order valence-corrected chi connectivity index (χ4v) is 5.01. The van der Waals surface area contributed by atoms with Crippen molar-refractivity contribution in [2.45, 2.75) is 38.0 Å². The number of benzene rings is 2.